The highest BCUT2D eigenvalue weighted by Crippen LogP contribution is 2.27. The second-order valence-corrected chi connectivity index (χ2v) is 6.27. The van der Waals surface area contributed by atoms with E-state index < -0.39 is 0 Å². The first kappa shape index (κ1) is 15.2. The van der Waals surface area contributed by atoms with Crippen LogP contribution in [-0.4, -0.2) is 27.0 Å². The third kappa shape index (κ3) is 2.57. The number of aryl methyl sites for hydroxylation is 1. The molecule has 0 saturated heterocycles. The average molecular weight is 359 g/mol. The fraction of sp³-hybridized carbons (Fsp3) is 0.188. The van der Waals surface area contributed by atoms with Crippen LogP contribution in [0.4, 0.5) is 0 Å². The van der Waals surface area contributed by atoms with E-state index in [9.17, 15) is 0 Å². The third-order valence-electron chi connectivity index (χ3n) is 3.89. The van der Waals surface area contributed by atoms with Gasteiger partial charge < -0.3 is 0 Å². The van der Waals surface area contributed by atoms with Crippen LogP contribution in [0.1, 0.15) is 16.8 Å². The Labute approximate surface area is 147 Å². The molecule has 0 amide bonds. The number of pyridine rings is 1. The fourth-order valence-corrected chi connectivity index (χ4v) is 3.07. The minimum atomic E-state index is 0.473. The summed E-state index contributed by atoms with van der Waals surface area (Å²) < 4.78 is 1.88. The molecule has 4 rings (SSSR count). The van der Waals surface area contributed by atoms with Crippen molar-refractivity contribution in [1.29, 1.82) is 0 Å². The summed E-state index contributed by atoms with van der Waals surface area (Å²) in [6.45, 7) is 2.92. The van der Waals surface area contributed by atoms with Gasteiger partial charge in [0.1, 0.15) is 12.1 Å². The highest BCUT2D eigenvalue weighted by molar-refractivity contribution is 6.42. The maximum Gasteiger partial charge on any atom is 0.111 e. The van der Waals surface area contributed by atoms with Crippen molar-refractivity contribution in [3.63, 3.8) is 0 Å². The van der Waals surface area contributed by atoms with Gasteiger partial charge in [0, 0.05) is 11.8 Å². The van der Waals surface area contributed by atoms with E-state index in [2.05, 4.69) is 25.5 Å². The molecule has 3 heterocycles. The zero-order valence-corrected chi connectivity index (χ0v) is 14.3. The van der Waals surface area contributed by atoms with E-state index >= 15 is 0 Å². The van der Waals surface area contributed by atoms with Gasteiger partial charge >= 0.3 is 0 Å². The summed E-state index contributed by atoms with van der Waals surface area (Å²) in [6, 6.07) is 7.59. The molecule has 0 radical (unpaired) electrons. The van der Waals surface area contributed by atoms with Crippen LogP contribution in [0.5, 0.6) is 0 Å². The lowest BCUT2D eigenvalue weighted by atomic mass is 10.1. The molecule has 0 unspecified atom stereocenters. The zero-order chi connectivity index (χ0) is 16.7. The number of rotatable bonds is 3. The lowest BCUT2D eigenvalue weighted by Gasteiger charge is -2.08. The van der Waals surface area contributed by atoms with E-state index in [0.717, 1.165) is 33.6 Å². The molecule has 8 heteroatoms. The van der Waals surface area contributed by atoms with E-state index in [-0.39, 0.29) is 0 Å². The summed E-state index contributed by atoms with van der Waals surface area (Å²) >= 11 is 12.4. The van der Waals surface area contributed by atoms with Gasteiger partial charge in [-0.15, -0.1) is 5.10 Å². The minimum absolute atomic E-state index is 0.473. The first-order valence-corrected chi connectivity index (χ1v) is 8.09. The van der Waals surface area contributed by atoms with Crippen molar-refractivity contribution in [2.24, 2.45) is 15.4 Å². The summed E-state index contributed by atoms with van der Waals surface area (Å²) in [5.74, 6) is 0. The van der Waals surface area contributed by atoms with Crippen molar-refractivity contribution in [2.45, 2.75) is 13.5 Å². The highest BCUT2D eigenvalue weighted by atomic mass is 35.5. The summed E-state index contributed by atoms with van der Waals surface area (Å²) in [7, 11) is 0. The van der Waals surface area contributed by atoms with Gasteiger partial charge in [-0.1, -0.05) is 35.3 Å². The second-order valence-electron chi connectivity index (χ2n) is 5.48. The molecule has 0 N–H and O–H groups in total. The lowest BCUT2D eigenvalue weighted by Crippen LogP contribution is -2.05. The van der Waals surface area contributed by atoms with E-state index in [0.29, 0.717) is 23.1 Å². The molecule has 1 aliphatic rings. The Hall–Kier alpha value is -2.31. The van der Waals surface area contributed by atoms with Gasteiger partial charge in [-0.05, 0) is 29.8 Å². The van der Waals surface area contributed by atoms with Gasteiger partial charge in [-0.25, -0.2) is 0 Å². The van der Waals surface area contributed by atoms with Gasteiger partial charge in [0.25, 0.3) is 0 Å². The molecule has 2 aromatic heterocycles. The summed E-state index contributed by atoms with van der Waals surface area (Å²) in [4.78, 5) is 4.52. The number of nitrogens with zero attached hydrogens (tertiary/aromatic N) is 6. The first-order chi connectivity index (χ1) is 11.6. The van der Waals surface area contributed by atoms with Crippen molar-refractivity contribution in [3.8, 4) is 0 Å². The molecule has 0 atom stereocenters. The van der Waals surface area contributed by atoms with E-state index in [1.807, 2.05) is 29.8 Å². The molecular weight excluding hydrogens is 347 g/mol. The second kappa shape index (κ2) is 5.96. The zero-order valence-electron chi connectivity index (χ0n) is 12.7. The quantitative estimate of drug-likeness (QED) is 0.701. The SMILES string of the molecule is Cc1nn(Cc2cccc(Cl)c2Cl)c2cc(C3=NN=NC3)cnc12. The number of benzene rings is 1. The first-order valence-electron chi connectivity index (χ1n) is 7.33. The van der Waals surface area contributed by atoms with Crippen LogP contribution in [-0.2, 0) is 6.54 Å². The molecular formula is C16H12Cl2N6. The number of aromatic nitrogens is 3. The lowest BCUT2D eigenvalue weighted by molar-refractivity contribution is 0.703. The molecule has 0 spiro atoms. The van der Waals surface area contributed by atoms with Crippen LogP contribution in [0.3, 0.4) is 0 Å². The molecule has 0 bridgehead atoms. The monoisotopic (exact) mass is 358 g/mol. The Morgan fingerprint density at radius 3 is 2.92 bits per heavy atom. The Morgan fingerprint density at radius 2 is 2.12 bits per heavy atom. The van der Waals surface area contributed by atoms with Crippen LogP contribution in [0.2, 0.25) is 10.0 Å². The van der Waals surface area contributed by atoms with Crippen molar-refractivity contribution in [3.05, 3.63) is 57.3 Å². The molecule has 0 saturated carbocycles. The smallest absolute Gasteiger partial charge is 0.111 e. The minimum Gasteiger partial charge on any atom is -0.258 e. The number of halogens is 2. The largest absolute Gasteiger partial charge is 0.258 e. The third-order valence-corrected chi connectivity index (χ3v) is 4.75. The van der Waals surface area contributed by atoms with Crippen molar-refractivity contribution in [1.82, 2.24) is 14.8 Å². The Morgan fingerprint density at radius 1 is 1.25 bits per heavy atom. The van der Waals surface area contributed by atoms with Crippen LogP contribution >= 0.6 is 23.2 Å². The van der Waals surface area contributed by atoms with Gasteiger partial charge in [-0.2, -0.15) is 10.2 Å². The molecule has 1 aromatic carbocycles. The van der Waals surface area contributed by atoms with E-state index in [1.165, 1.54) is 0 Å². The molecule has 0 fully saturated rings. The number of fused-ring (bicyclic) bond motifs is 1. The topological polar surface area (TPSA) is 67.8 Å². The van der Waals surface area contributed by atoms with Crippen LogP contribution in [0.15, 0.2) is 45.9 Å². The standard InChI is InChI=1S/C16H12Cl2N6/c1-9-16-14(5-11(6-19-16)13-7-20-23-21-13)24(22-9)8-10-3-2-4-12(17)15(10)18/h2-6H,7-8H2,1H3. The van der Waals surface area contributed by atoms with Gasteiger partial charge in [0.2, 0.25) is 0 Å². The van der Waals surface area contributed by atoms with Crippen molar-refractivity contribution >= 4 is 39.9 Å². The normalized spacial score (nSPS) is 13.7. The number of hydrogen-bond acceptors (Lipinski definition) is 5. The summed E-state index contributed by atoms with van der Waals surface area (Å²) in [5.41, 5.74) is 5.22. The Balaban J connectivity index is 1.80. The predicted molar refractivity (Wildman–Crippen MR) is 94.1 cm³/mol. The molecule has 0 aliphatic carbocycles. The van der Waals surface area contributed by atoms with E-state index in [4.69, 9.17) is 23.2 Å². The van der Waals surface area contributed by atoms with Gasteiger partial charge in [-0.3, -0.25) is 9.67 Å². The van der Waals surface area contributed by atoms with Crippen molar-refractivity contribution in [2.75, 3.05) is 6.54 Å². The Kier molecular flexibility index (Phi) is 3.78. The van der Waals surface area contributed by atoms with Crippen molar-refractivity contribution < 1.29 is 0 Å². The van der Waals surface area contributed by atoms with Gasteiger partial charge in [0.15, 0.2) is 0 Å². The maximum atomic E-state index is 6.30. The molecule has 120 valence electrons. The summed E-state index contributed by atoms with van der Waals surface area (Å²) in [5, 5.41) is 17.2. The molecule has 24 heavy (non-hydrogen) atoms. The Bertz CT molecular complexity index is 1010. The van der Waals surface area contributed by atoms with Crippen LogP contribution in [0, 0.1) is 6.92 Å². The highest BCUT2D eigenvalue weighted by Gasteiger charge is 2.15. The number of hydrogen-bond donors (Lipinski definition) is 0. The van der Waals surface area contributed by atoms with E-state index in [1.54, 1.807) is 12.3 Å². The molecule has 3 aromatic rings. The summed E-state index contributed by atoms with van der Waals surface area (Å²) in [6.07, 6.45) is 1.78. The molecule has 1 aliphatic heterocycles. The van der Waals surface area contributed by atoms with Crippen LogP contribution < -0.4 is 0 Å². The molecule has 6 nitrogen and oxygen atoms in total. The van der Waals surface area contributed by atoms with Gasteiger partial charge in [0.05, 0.1) is 33.5 Å². The average Bonchev–Trinajstić information content (AvgIpc) is 3.21. The predicted octanol–water partition coefficient (Wildman–Crippen LogP) is 4.26. The maximum absolute atomic E-state index is 6.30. The van der Waals surface area contributed by atoms with Crippen LogP contribution in [0.25, 0.3) is 11.0 Å². The fourth-order valence-electron chi connectivity index (χ4n) is 2.69.